The van der Waals surface area contributed by atoms with E-state index in [0.717, 1.165) is 12.8 Å². The maximum absolute atomic E-state index is 13.6. The molecule has 2 heteroatoms. The largest absolute Gasteiger partial charge is 0.327 e. The molecule has 1 aliphatic carbocycles. The van der Waals surface area contributed by atoms with Crippen LogP contribution in [0.3, 0.4) is 0 Å². The predicted molar refractivity (Wildman–Crippen MR) is 40.4 cm³/mol. The van der Waals surface area contributed by atoms with Gasteiger partial charge in [-0.2, -0.15) is 0 Å². The van der Waals surface area contributed by atoms with Gasteiger partial charge in [-0.25, -0.2) is 4.39 Å². The van der Waals surface area contributed by atoms with Crippen LogP contribution in [0.1, 0.15) is 19.8 Å². The van der Waals surface area contributed by atoms with Crippen LogP contribution in [0.5, 0.6) is 0 Å². The van der Waals surface area contributed by atoms with Crippen molar-refractivity contribution < 1.29 is 4.39 Å². The average molecular weight is 143 g/mol. The molecule has 0 saturated heterocycles. The standard InChI is InChI=1S/C8H14FN/c1-6(2)8(9,5-10)7-3-4-7/h7H,1,3-5,10H2,2H3. The highest BCUT2D eigenvalue weighted by atomic mass is 19.1. The molecular weight excluding hydrogens is 129 g/mol. The molecule has 0 amide bonds. The molecule has 0 aliphatic heterocycles. The predicted octanol–water partition coefficient (Wildman–Crippen LogP) is 1.64. The summed E-state index contributed by atoms with van der Waals surface area (Å²) in [5.74, 6) is 0.162. The van der Waals surface area contributed by atoms with Crippen LogP contribution in [0.4, 0.5) is 4.39 Å². The van der Waals surface area contributed by atoms with Crippen molar-refractivity contribution in [3.05, 3.63) is 12.2 Å². The van der Waals surface area contributed by atoms with E-state index in [1.807, 2.05) is 0 Å². The number of halogens is 1. The summed E-state index contributed by atoms with van der Waals surface area (Å²) >= 11 is 0. The lowest BCUT2D eigenvalue weighted by molar-refractivity contribution is 0.190. The SMILES string of the molecule is C=C(C)C(F)(CN)C1CC1. The fraction of sp³-hybridized carbons (Fsp3) is 0.750. The van der Waals surface area contributed by atoms with Crippen molar-refractivity contribution in [3.8, 4) is 0 Å². The fourth-order valence-corrected chi connectivity index (χ4v) is 1.23. The Kier molecular flexibility index (Phi) is 1.82. The first-order valence-corrected chi connectivity index (χ1v) is 3.66. The van der Waals surface area contributed by atoms with Gasteiger partial charge in [-0.15, -0.1) is 0 Å². The maximum Gasteiger partial charge on any atom is 0.146 e. The Morgan fingerprint density at radius 2 is 2.30 bits per heavy atom. The Hall–Kier alpha value is -0.370. The second-order valence-electron chi connectivity index (χ2n) is 3.12. The van der Waals surface area contributed by atoms with E-state index in [1.54, 1.807) is 6.92 Å². The van der Waals surface area contributed by atoms with E-state index in [4.69, 9.17) is 5.73 Å². The molecule has 1 nitrogen and oxygen atoms in total. The van der Waals surface area contributed by atoms with Crippen molar-refractivity contribution in [1.29, 1.82) is 0 Å². The van der Waals surface area contributed by atoms with Gasteiger partial charge in [0.25, 0.3) is 0 Å². The molecule has 0 spiro atoms. The van der Waals surface area contributed by atoms with Gasteiger partial charge in [0.15, 0.2) is 0 Å². The fourth-order valence-electron chi connectivity index (χ4n) is 1.23. The third-order valence-electron chi connectivity index (χ3n) is 2.23. The van der Waals surface area contributed by atoms with Crippen LogP contribution in [0, 0.1) is 5.92 Å². The number of hydrogen-bond acceptors (Lipinski definition) is 1. The van der Waals surface area contributed by atoms with Gasteiger partial charge >= 0.3 is 0 Å². The lowest BCUT2D eigenvalue weighted by atomic mass is 9.93. The number of nitrogens with two attached hydrogens (primary N) is 1. The van der Waals surface area contributed by atoms with E-state index in [0.29, 0.717) is 5.57 Å². The zero-order valence-electron chi connectivity index (χ0n) is 6.36. The van der Waals surface area contributed by atoms with Gasteiger partial charge in [0.05, 0.1) is 0 Å². The van der Waals surface area contributed by atoms with Crippen LogP contribution in [0.15, 0.2) is 12.2 Å². The van der Waals surface area contributed by atoms with E-state index < -0.39 is 5.67 Å². The molecule has 1 rings (SSSR count). The summed E-state index contributed by atoms with van der Waals surface area (Å²) in [6.45, 7) is 5.41. The summed E-state index contributed by atoms with van der Waals surface area (Å²) < 4.78 is 13.6. The topological polar surface area (TPSA) is 26.0 Å². The van der Waals surface area contributed by atoms with Crippen molar-refractivity contribution in [2.45, 2.75) is 25.4 Å². The van der Waals surface area contributed by atoms with Crippen molar-refractivity contribution in [2.75, 3.05) is 6.54 Å². The average Bonchev–Trinajstić information content (AvgIpc) is 2.67. The molecule has 1 saturated carbocycles. The first-order chi connectivity index (χ1) is 4.61. The molecule has 1 fully saturated rings. The summed E-state index contributed by atoms with van der Waals surface area (Å²) in [4.78, 5) is 0. The normalized spacial score (nSPS) is 23.9. The highest BCUT2D eigenvalue weighted by molar-refractivity contribution is 5.16. The van der Waals surface area contributed by atoms with Crippen molar-refractivity contribution in [2.24, 2.45) is 11.7 Å². The third-order valence-corrected chi connectivity index (χ3v) is 2.23. The highest BCUT2D eigenvalue weighted by Gasteiger charge is 2.45. The molecule has 0 radical (unpaired) electrons. The van der Waals surface area contributed by atoms with Crippen molar-refractivity contribution in [3.63, 3.8) is 0 Å². The molecule has 0 aromatic rings. The molecule has 0 heterocycles. The molecule has 1 atom stereocenters. The molecule has 1 aliphatic rings. The number of hydrogen-bond donors (Lipinski definition) is 1. The highest BCUT2D eigenvalue weighted by Crippen LogP contribution is 2.44. The molecule has 1 unspecified atom stereocenters. The van der Waals surface area contributed by atoms with E-state index in [2.05, 4.69) is 6.58 Å². The minimum Gasteiger partial charge on any atom is -0.327 e. The van der Waals surface area contributed by atoms with Gasteiger partial charge in [0.1, 0.15) is 5.67 Å². The molecule has 10 heavy (non-hydrogen) atoms. The smallest absolute Gasteiger partial charge is 0.146 e. The lowest BCUT2D eigenvalue weighted by Gasteiger charge is -2.23. The maximum atomic E-state index is 13.6. The van der Waals surface area contributed by atoms with E-state index in [1.165, 1.54) is 0 Å². The summed E-state index contributed by atoms with van der Waals surface area (Å²) in [5, 5.41) is 0. The van der Waals surface area contributed by atoms with E-state index in [9.17, 15) is 4.39 Å². The van der Waals surface area contributed by atoms with Crippen LogP contribution in [-0.4, -0.2) is 12.2 Å². The summed E-state index contributed by atoms with van der Waals surface area (Å²) in [6.07, 6.45) is 1.95. The quantitative estimate of drug-likeness (QED) is 0.597. The zero-order valence-corrected chi connectivity index (χ0v) is 6.36. The first-order valence-electron chi connectivity index (χ1n) is 3.66. The van der Waals surface area contributed by atoms with Crippen LogP contribution in [-0.2, 0) is 0 Å². The molecular formula is C8H14FN. The van der Waals surface area contributed by atoms with Gasteiger partial charge in [-0.1, -0.05) is 6.58 Å². The number of alkyl halides is 1. The van der Waals surface area contributed by atoms with Crippen LogP contribution in [0.2, 0.25) is 0 Å². The van der Waals surface area contributed by atoms with Crippen molar-refractivity contribution in [1.82, 2.24) is 0 Å². The summed E-state index contributed by atoms with van der Waals surface area (Å²) in [6, 6.07) is 0. The Morgan fingerprint density at radius 1 is 1.80 bits per heavy atom. The van der Waals surface area contributed by atoms with Crippen LogP contribution >= 0.6 is 0 Å². The summed E-state index contributed by atoms with van der Waals surface area (Å²) in [7, 11) is 0. The molecule has 2 N–H and O–H groups in total. The third kappa shape index (κ3) is 1.08. The Bertz CT molecular complexity index is 151. The van der Waals surface area contributed by atoms with Crippen LogP contribution < -0.4 is 5.73 Å². The van der Waals surface area contributed by atoms with E-state index in [-0.39, 0.29) is 12.5 Å². The van der Waals surface area contributed by atoms with Crippen LogP contribution in [0.25, 0.3) is 0 Å². The lowest BCUT2D eigenvalue weighted by Crippen LogP contribution is -2.36. The Morgan fingerprint density at radius 3 is 2.40 bits per heavy atom. The second kappa shape index (κ2) is 2.35. The van der Waals surface area contributed by atoms with E-state index >= 15 is 0 Å². The molecule has 0 aromatic heterocycles. The van der Waals surface area contributed by atoms with Gasteiger partial charge in [0.2, 0.25) is 0 Å². The Labute approximate surface area is 61.1 Å². The molecule has 0 aromatic carbocycles. The van der Waals surface area contributed by atoms with Gasteiger partial charge in [-0.05, 0) is 31.3 Å². The van der Waals surface area contributed by atoms with Gasteiger partial charge in [-0.3, -0.25) is 0 Å². The molecule has 58 valence electrons. The van der Waals surface area contributed by atoms with Crippen molar-refractivity contribution >= 4 is 0 Å². The first kappa shape index (κ1) is 7.73. The Balaban J connectivity index is 2.65. The number of rotatable bonds is 3. The zero-order chi connectivity index (χ0) is 7.78. The second-order valence-corrected chi connectivity index (χ2v) is 3.12. The van der Waals surface area contributed by atoms with Gasteiger partial charge < -0.3 is 5.73 Å². The molecule has 0 bridgehead atoms. The minimum atomic E-state index is -1.26. The minimum absolute atomic E-state index is 0.0903. The monoisotopic (exact) mass is 143 g/mol. The van der Waals surface area contributed by atoms with Gasteiger partial charge in [0, 0.05) is 6.54 Å². The summed E-state index contributed by atoms with van der Waals surface area (Å²) in [5.41, 5.74) is 4.63.